The summed E-state index contributed by atoms with van der Waals surface area (Å²) in [4.78, 5) is 0. The molecular formula is C15H17N2O2. The zero-order chi connectivity index (χ0) is 13.7. The summed E-state index contributed by atoms with van der Waals surface area (Å²) in [6.07, 6.45) is 0. The normalized spacial score (nSPS) is 10.2. The predicted octanol–water partition coefficient (Wildman–Crippen LogP) is 2.65. The Bertz CT molecular complexity index is 541. The van der Waals surface area contributed by atoms with Gasteiger partial charge in [-0.15, -0.1) is 0 Å². The summed E-state index contributed by atoms with van der Waals surface area (Å²) in [6.45, 7) is 2.30. The minimum Gasteiger partial charge on any atom is -0.508 e. The molecule has 0 saturated heterocycles. The van der Waals surface area contributed by atoms with E-state index in [-0.39, 0.29) is 12.4 Å². The number of hydrogen-bond acceptors (Lipinski definition) is 4. The Labute approximate surface area is 112 Å². The van der Waals surface area contributed by atoms with E-state index in [0.717, 1.165) is 22.6 Å². The minimum atomic E-state index is 0.0333. The number of benzene rings is 2. The molecule has 0 aromatic heterocycles. The van der Waals surface area contributed by atoms with Crippen molar-refractivity contribution in [3.63, 3.8) is 0 Å². The molecule has 4 nitrogen and oxygen atoms in total. The van der Waals surface area contributed by atoms with Gasteiger partial charge in [-0.2, -0.15) is 0 Å². The van der Waals surface area contributed by atoms with E-state index in [1.807, 2.05) is 37.3 Å². The smallest absolute Gasteiger partial charge is 0.120 e. The zero-order valence-electron chi connectivity index (χ0n) is 10.8. The van der Waals surface area contributed by atoms with Gasteiger partial charge in [-0.3, -0.25) is 0 Å². The summed E-state index contributed by atoms with van der Waals surface area (Å²) < 4.78 is 0. The second-order valence-corrected chi connectivity index (χ2v) is 4.24. The molecule has 2 aromatic rings. The first kappa shape index (κ1) is 13.2. The van der Waals surface area contributed by atoms with Crippen molar-refractivity contribution >= 4 is 17.1 Å². The molecule has 0 aliphatic heterocycles. The second kappa shape index (κ2) is 6.11. The van der Waals surface area contributed by atoms with Gasteiger partial charge in [-0.1, -0.05) is 18.2 Å². The van der Waals surface area contributed by atoms with Crippen LogP contribution in [0.3, 0.4) is 0 Å². The Hall–Kier alpha value is -2.20. The van der Waals surface area contributed by atoms with E-state index >= 15 is 0 Å². The topological polar surface area (TPSA) is 64.5 Å². The van der Waals surface area contributed by atoms with Crippen LogP contribution in [0.4, 0.5) is 17.1 Å². The fraction of sp³-hybridized carbons (Fsp3) is 0.200. The first-order valence-corrected chi connectivity index (χ1v) is 6.13. The molecule has 19 heavy (non-hydrogen) atoms. The summed E-state index contributed by atoms with van der Waals surface area (Å²) in [5.41, 5.74) is 3.22. The van der Waals surface area contributed by atoms with E-state index in [1.165, 1.54) is 0 Å². The van der Waals surface area contributed by atoms with E-state index in [4.69, 9.17) is 5.11 Å². The van der Waals surface area contributed by atoms with Gasteiger partial charge in [0.15, 0.2) is 0 Å². The van der Waals surface area contributed by atoms with Crippen LogP contribution in [0.15, 0.2) is 36.4 Å². The van der Waals surface area contributed by atoms with Crippen molar-refractivity contribution in [3.05, 3.63) is 48.0 Å². The maximum Gasteiger partial charge on any atom is 0.120 e. The maximum absolute atomic E-state index is 9.75. The second-order valence-electron chi connectivity index (χ2n) is 4.24. The lowest BCUT2D eigenvalue weighted by Crippen LogP contribution is -2.07. The van der Waals surface area contributed by atoms with E-state index in [1.54, 1.807) is 6.07 Å². The molecule has 0 fully saturated rings. The quantitative estimate of drug-likeness (QED) is 0.622. The van der Waals surface area contributed by atoms with Crippen molar-refractivity contribution in [1.82, 2.24) is 0 Å². The number of aliphatic hydroxyl groups excluding tert-OH is 1. The van der Waals surface area contributed by atoms with Crippen LogP contribution in [0, 0.1) is 13.0 Å². The molecule has 0 aliphatic carbocycles. The van der Waals surface area contributed by atoms with Crippen molar-refractivity contribution < 1.29 is 10.2 Å². The molecule has 0 heterocycles. The number of nitrogens with one attached hydrogen (secondary N) is 2. The highest BCUT2D eigenvalue weighted by atomic mass is 16.3. The van der Waals surface area contributed by atoms with Crippen LogP contribution >= 0.6 is 0 Å². The van der Waals surface area contributed by atoms with Crippen LogP contribution < -0.4 is 10.6 Å². The molecule has 0 atom stereocenters. The Morgan fingerprint density at radius 3 is 2.74 bits per heavy atom. The number of anilines is 3. The molecule has 0 unspecified atom stereocenters. The van der Waals surface area contributed by atoms with Gasteiger partial charge >= 0.3 is 0 Å². The standard InChI is InChI=1S/C15H17N2O2/c1-11-9-14(17-12-5-3-2-4-6-12)13(10-15(11)19)16-7-8-18/h2-5,9-10,16-19H,7-8H2,1H3. The number of phenols is 1. The van der Waals surface area contributed by atoms with Crippen LogP contribution in [0.1, 0.15) is 5.56 Å². The van der Waals surface area contributed by atoms with Crippen LogP contribution in [-0.2, 0) is 0 Å². The Morgan fingerprint density at radius 2 is 2.05 bits per heavy atom. The lowest BCUT2D eigenvalue weighted by atomic mass is 10.1. The maximum atomic E-state index is 9.75. The van der Waals surface area contributed by atoms with E-state index in [0.29, 0.717) is 6.54 Å². The van der Waals surface area contributed by atoms with Crippen molar-refractivity contribution in [2.24, 2.45) is 0 Å². The average Bonchev–Trinajstić information content (AvgIpc) is 2.42. The van der Waals surface area contributed by atoms with E-state index in [2.05, 4.69) is 16.7 Å². The third-order valence-corrected chi connectivity index (χ3v) is 2.74. The van der Waals surface area contributed by atoms with E-state index < -0.39 is 0 Å². The third kappa shape index (κ3) is 3.39. The summed E-state index contributed by atoms with van der Waals surface area (Å²) in [5.74, 6) is 0.225. The summed E-state index contributed by atoms with van der Waals surface area (Å²) in [5, 5.41) is 24.9. The Balaban J connectivity index is 2.29. The highest BCUT2D eigenvalue weighted by molar-refractivity contribution is 5.76. The predicted molar refractivity (Wildman–Crippen MR) is 77.0 cm³/mol. The molecule has 99 valence electrons. The van der Waals surface area contributed by atoms with Crippen LogP contribution in [-0.4, -0.2) is 23.4 Å². The zero-order valence-corrected chi connectivity index (χ0v) is 10.8. The first-order chi connectivity index (χ1) is 9.20. The first-order valence-electron chi connectivity index (χ1n) is 6.13. The van der Waals surface area contributed by atoms with Crippen molar-refractivity contribution in [3.8, 4) is 5.75 Å². The highest BCUT2D eigenvalue weighted by Crippen LogP contribution is 2.31. The van der Waals surface area contributed by atoms with Gasteiger partial charge < -0.3 is 20.8 Å². The van der Waals surface area contributed by atoms with Gasteiger partial charge in [0.05, 0.1) is 18.0 Å². The third-order valence-electron chi connectivity index (χ3n) is 2.74. The van der Waals surface area contributed by atoms with Crippen LogP contribution in [0.2, 0.25) is 0 Å². The summed E-state index contributed by atoms with van der Waals surface area (Å²) in [6, 6.07) is 14.2. The molecule has 0 aliphatic rings. The van der Waals surface area contributed by atoms with Gasteiger partial charge in [0.2, 0.25) is 0 Å². The van der Waals surface area contributed by atoms with Gasteiger partial charge in [-0.05, 0) is 24.6 Å². The van der Waals surface area contributed by atoms with Gasteiger partial charge in [0.1, 0.15) is 5.75 Å². The number of phenolic OH excluding ortho intramolecular Hbond substituents is 1. The molecule has 0 amide bonds. The number of aliphatic hydroxyl groups is 1. The van der Waals surface area contributed by atoms with Gasteiger partial charge in [-0.25, -0.2) is 0 Å². The summed E-state index contributed by atoms with van der Waals surface area (Å²) in [7, 11) is 0. The largest absolute Gasteiger partial charge is 0.508 e. The number of aromatic hydroxyl groups is 1. The van der Waals surface area contributed by atoms with Crippen LogP contribution in [0.5, 0.6) is 5.75 Å². The van der Waals surface area contributed by atoms with Crippen molar-refractivity contribution in [2.75, 3.05) is 23.8 Å². The van der Waals surface area contributed by atoms with Crippen molar-refractivity contribution in [1.29, 1.82) is 0 Å². The molecule has 0 bridgehead atoms. The number of hydrogen-bond donors (Lipinski definition) is 4. The number of para-hydroxylation sites is 1. The molecule has 2 aromatic carbocycles. The number of rotatable bonds is 5. The fourth-order valence-corrected chi connectivity index (χ4v) is 1.75. The fourth-order valence-electron chi connectivity index (χ4n) is 1.75. The number of aryl methyl sites for hydroxylation is 1. The molecular weight excluding hydrogens is 240 g/mol. The van der Waals surface area contributed by atoms with Crippen molar-refractivity contribution in [2.45, 2.75) is 6.92 Å². The SMILES string of the molecule is Cc1cc(Nc2[c]cccc2)c(NCCO)cc1O. The van der Waals surface area contributed by atoms with E-state index in [9.17, 15) is 5.11 Å². The van der Waals surface area contributed by atoms with Gasteiger partial charge in [0, 0.05) is 24.4 Å². The minimum absolute atomic E-state index is 0.0333. The van der Waals surface area contributed by atoms with Gasteiger partial charge in [0.25, 0.3) is 0 Å². The Morgan fingerprint density at radius 1 is 1.21 bits per heavy atom. The van der Waals surface area contributed by atoms with Crippen LogP contribution in [0.25, 0.3) is 0 Å². The molecule has 4 N–H and O–H groups in total. The molecule has 0 spiro atoms. The lowest BCUT2D eigenvalue weighted by molar-refractivity contribution is 0.311. The average molecular weight is 257 g/mol. The molecule has 1 radical (unpaired) electrons. The lowest BCUT2D eigenvalue weighted by Gasteiger charge is -2.15. The molecule has 2 rings (SSSR count). The molecule has 0 saturated carbocycles. The summed E-state index contributed by atoms with van der Waals surface area (Å²) >= 11 is 0. The molecule has 4 heteroatoms. The Kier molecular flexibility index (Phi) is 4.26. The highest BCUT2D eigenvalue weighted by Gasteiger charge is 2.07. The monoisotopic (exact) mass is 257 g/mol.